The van der Waals surface area contributed by atoms with Crippen LogP contribution in [0.4, 0.5) is 0 Å². The number of methoxy groups -OCH3 is 1. The quantitative estimate of drug-likeness (QED) is 0.848. The van der Waals surface area contributed by atoms with Gasteiger partial charge in [-0.3, -0.25) is 0 Å². The lowest BCUT2D eigenvalue weighted by Crippen LogP contribution is -2.17. The van der Waals surface area contributed by atoms with Crippen LogP contribution in [0.15, 0.2) is 47.5 Å². The average Bonchev–Trinajstić information content (AvgIpc) is 2.87. The van der Waals surface area contributed by atoms with E-state index in [-0.39, 0.29) is 5.54 Å². The monoisotopic (exact) mass is 295 g/mol. The number of benzene rings is 2. The van der Waals surface area contributed by atoms with E-state index in [4.69, 9.17) is 14.5 Å². The van der Waals surface area contributed by atoms with Crippen LogP contribution in [0.3, 0.4) is 0 Å². The largest absolute Gasteiger partial charge is 0.497 e. The van der Waals surface area contributed by atoms with Crippen LogP contribution >= 0.6 is 0 Å². The van der Waals surface area contributed by atoms with Crippen molar-refractivity contribution in [3.63, 3.8) is 0 Å². The standard InChI is InChI=1S/C19H21NO2/c1-13-5-7-14(8-6-13)17-11-15(21-4)9-10-16(17)18-20-19(2,3)12-22-18/h5-11H,12H2,1-4H3. The van der Waals surface area contributed by atoms with Crippen molar-refractivity contribution in [3.05, 3.63) is 53.6 Å². The normalized spacial score (nSPS) is 16.1. The number of nitrogens with zero attached hydrogens (tertiary/aromatic N) is 1. The summed E-state index contributed by atoms with van der Waals surface area (Å²) in [6.45, 7) is 6.86. The summed E-state index contributed by atoms with van der Waals surface area (Å²) in [5.41, 5.74) is 4.30. The van der Waals surface area contributed by atoms with E-state index in [1.54, 1.807) is 7.11 Å². The highest BCUT2D eigenvalue weighted by molar-refractivity contribution is 6.02. The van der Waals surface area contributed by atoms with Crippen LogP contribution in [0.5, 0.6) is 5.75 Å². The van der Waals surface area contributed by atoms with Gasteiger partial charge in [0, 0.05) is 5.56 Å². The number of aliphatic imine (C=N–C) groups is 1. The summed E-state index contributed by atoms with van der Waals surface area (Å²) in [7, 11) is 1.68. The molecular formula is C19H21NO2. The lowest BCUT2D eigenvalue weighted by molar-refractivity contribution is 0.279. The molecule has 1 heterocycles. The van der Waals surface area contributed by atoms with Crippen LogP contribution in [-0.4, -0.2) is 25.2 Å². The third-order valence-electron chi connectivity index (χ3n) is 3.79. The molecule has 3 rings (SSSR count). The zero-order valence-electron chi connectivity index (χ0n) is 13.5. The second-order valence-corrected chi connectivity index (χ2v) is 6.30. The minimum atomic E-state index is -0.167. The average molecular weight is 295 g/mol. The van der Waals surface area contributed by atoms with Crippen molar-refractivity contribution in [3.8, 4) is 16.9 Å². The molecule has 1 aliphatic rings. The molecular weight excluding hydrogens is 274 g/mol. The second-order valence-electron chi connectivity index (χ2n) is 6.30. The SMILES string of the molecule is COc1ccc(C2=NC(C)(C)CO2)c(-c2ccc(C)cc2)c1. The van der Waals surface area contributed by atoms with E-state index in [2.05, 4.69) is 45.0 Å². The van der Waals surface area contributed by atoms with Crippen molar-refractivity contribution in [2.45, 2.75) is 26.3 Å². The van der Waals surface area contributed by atoms with Gasteiger partial charge in [0.15, 0.2) is 0 Å². The van der Waals surface area contributed by atoms with Gasteiger partial charge < -0.3 is 9.47 Å². The van der Waals surface area contributed by atoms with Gasteiger partial charge in [-0.25, -0.2) is 4.99 Å². The first-order valence-electron chi connectivity index (χ1n) is 7.47. The minimum absolute atomic E-state index is 0.167. The summed E-state index contributed by atoms with van der Waals surface area (Å²) in [5.74, 6) is 1.54. The Morgan fingerprint density at radius 2 is 1.77 bits per heavy atom. The first kappa shape index (κ1) is 14.6. The van der Waals surface area contributed by atoms with Crippen LogP contribution in [0.1, 0.15) is 25.0 Å². The molecule has 0 amide bonds. The van der Waals surface area contributed by atoms with Gasteiger partial charge in [-0.1, -0.05) is 29.8 Å². The zero-order chi connectivity index (χ0) is 15.7. The maximum atomic E-state index is 5.82. The molecule has 0 unspecified atom stereocenters. The predicted octanol–water partition coefficient (Wildman–Crippen LogP) is 4.23. The van der Waals surface area contributed by atoms with Gasteiger partial charge in [-0.05, 0) is 50.1 Å². The summed E-state index contributed by atoms with van der Waals surface area (Å²) in [6.07, 6.45) is 0. The summed E-state index contributed by atoms with van der Waals surface area (Å²) in [5, 5.41) is 0. The molecule has 0 atom stereocenters. The Balaban J connectivity index is 2.12. The summed E-state index contributed by atoms with van der Waals surface area (Å²) in [6, 6.07) is 14.5. The van der Waals surface area contributed by atoms with Gasteiger partial charge in [-0.15, -0.1) is 0 Å². The van der Waals surface area contributed by atoms with Crippen molar-refractivity contribution >= 4 is 5.90 Å². The number of rotatable bonds is 3. The number of aryl methyl sites for hydroxylation is 1. The lowest BCUT2D eigenvalue weighted by atomic mass is 9.98. The van der Waals surface area contributed by atoms with Crippen LogP contribution in [0, 0.1) is 6.92 Å². The number of hydrogen-bond donors (Lipinski definition) is 0. The molecule has 0 radical (unpaired) electrons. The Kier molecular flexibility index (Phi) is 3.65. The van der Waals surface area contributed by atoms with Crippen molar-refractivity contribution in [2.24, 2.45) is 4.99 Å². The molecule has 0 saturated carbocycles. The second kappa shape index (κ2) is 5.48. The van der Waals surface area contributed by atoms with Crippen molar-refractivity contribution < 1.29 is 9.47 Å². The van der Waals surface area contributed by atoms with Gasteiger partial charge in [-0.2, -0.15) is 0 Å². The summed E-state index contributed by atoms with van der Waals surface area (Å²) >= 11 is 0. The topological polar surface area (TPSA) is 30.8 Å². The molecule has 2 aromatic rings. The first-order valence-corrected chi connectivity index (χ1v) is 7.47. The van der Waals surface area contributed by atoms with E-state index in [1.165, 1.54) is 5.56 Å². The van der Waals surface area contributed by atoms with Crippen LogP contribution < -0.4 is 4.74 Å². The number of ether oxygens (including phenoxy) is 2. The molecule has 3 heteroatoms. The molecule has 3 nitrogen and oxygen atoms in total. The molecule has 0 aromatic heterocycles. The van der Waals surface area contributed by atoms with Gasteiger partial charge in [0.05, 0.1) is 12.6 Å². The molecule has 0 spiro atoms. The highest BCUT2D eigenvalue weighted by Gasteiger charge is 2.28. The molecule has 0 fully saturated rings. The van der Waals surface area contributed by atoms with Crippen LogP contribution in [0.25, 0.3) is 11.1 Å². The van der Waals surface area contributed by atoms with Gasteiger partial charge in [0.25, 0.3) is 0 Å². The Morgan fingerprint density at radius 3 is 2.36 bits per heavy atom. The lowest BCUT2D eigenvalue weighted by Gasteiger charge is -2.12. The molecule has 1 aliphatic heterocycles. The van der Waals surface area contributed by atoms with Crippen molar-refractivity contribution in [2.75, 3.05) is 13.7 Å². The van der Waals surface area contributed by atoms with Crippen LogP contribution in [-0.2, 0) is 4.74 Å². The van der Waals surface area contributed by atoms with Gasteiger partial charge in [0.1, 0.15) is 12.4 Å². The Bertz CT molecular complexity index is 715. The molecule has 0 N–H and O–H groups in total. The maximum Gasteiger partial charge on any atom is 0.217 e. The Morgan fingerprint density at radius 1 is 1.05 bits per heavy atom. The summed E-state index contributed by atoms with van der Waals surface area (Å²) < 4.78 is 11.2. The van der Waals surface area contributed by atoms with E-state index in [9.17, 15) is 0 Å². The molecule has 114 valence electrons. The van der Waals surface area contributed by atoms with E-state index < -0.39 is 0 Å². The fourth-order valence-electron chi connectivity index (χ4n) is 2.53. The number of hydrogen-bond acceptors (Lipinski definition) is 3. The molecule has 2 aromatic carbocycles. The molecule has 0 bridgehead atoms. The minimum Gasteiger partial charge on any atom is -0.497 e. The smallest absolute Gasteiger partial charge is 0.217 e. The maximum absolute atomic E-state index is 5.82. The van der Waals surface area contributed by atoms with E-state index in [1.807, 2.05) is 18.2 Å². The van der Waals surface area contributed by atoms with E-state index in [0.29, 0.717) is 12.5 Å². The predicted molar refractivity (Wildman–Crippen MR) is 89.7 cm³/mol. The van der Waals surface area contributed by atoms with Crippen LogP contribution in [0.2, 0.25) is 0 Å². The fourth-order valence-corrected chi connectivity index (χ4v) is 2.53. The Labute approximate surface area is 131 Å². The van der Waals surface area contributed by atoms with Crippen molar-refractivity contribution in [1.82, 2.24) is 0 Å². The molecule has 22 heavy (non-hydrogen) atoms. The van der Waals surface area contributed by atoms with Gasteiger partial charge >= 0.3 is 0 Å². The Hall–Kier alpha value is -2.29. The van der Waals surface area contributed by atoms with E-state index >= 15 is 0 Å². The highest BCUT2D eigenvalue weighted by Crippen LogP contribution is 2.31. The van der Waals surface area contributed by atoms with Gasteiger partial charge in [0.2, 0.25) is 5.90 Å². The third kappa shape index (κ3) is 2.84. The highest BCUT2D eigenvalue weighted by atomic mass is 16.5. The first-order chi connectivity index (χ1) is 10.5. The van der Waals surface area contributed by atoms with E-state index in [0.717, 1.165) is 22.4 Å². The summed E-state index contributed by atoms with van der Waals surface area (Å²) in [4.78, 5) is 4.70. The fraction of sp³-hybridized carbons (Fsp3) is 0.316. The third-order valence-corrected chi connectivity index (χ3v) is 3.79. The molecule has 0 aliphatic carbocycles. The molecule has 0 saturated heterocycles. The zero-order valence-corrected chi connectivity index (χ0v) is 13.5. The van der Waals surface area contributed by atoms with Crippen molar-refractivity contribution in [1.29, 1.82) is 0 Å².